The molecule has 0 radical (unpaired) electrons. The number of nitrogens with one attached hydrogen (secondary N) is 1. The van der Waals surface area contributed by atoms with E-state index in [1.54, 1.807) is 0 Å². The topological polar surface area (TPSA) is 76.7 Å². The lowest BCUT2D eigenvalue weighted by molar-refractivity contribution is -0.128. The second-order valence-corrected chi connectivity index (χ2v) is 4.74. The lowest BCUT2D eigenvalue weighted by atomic mass is 9.99. The fraction of sp³-hybridized carbons (Fsp3) is 0.579. The van der Waals surface area contributed by atoms with E-state index >= 15 is 0 Å². The normalized spacial score (nSPS) is 11.2. The molecule has 142 valence electrons. The number of nitrogens with two attached hydrogens (primary N) is 1. The molecule has 0 spiro atoms. The zero-order valence-corrected chi connectivity index (χ0v) is 17.0. The highest BCUT2D eigenvalue weighted by molar-refractivity contribution is 5.37. The average molecular weight is 342 g/mol. The molecular formula is C19H39N3O2. The summed E-state index contributed by atoms with van der Waals surface area (Å²) in [7, 11) is 3.75. The molecule has 0 bridgehead atoms. The maximum Gasteiger partial charge on any atom is 0.323 e. The molecule has 0 aliphatic heterocycles. The Balaban J connectivity index is -0.000000165. The van der Waals surface area contributed by atoms with Crippen molar-refractivity contribution >= 4 is 13.2 Å². The van der Waals surface area contributed by atoms with Crippen LogP contribution in [0, 0.1) is 0 Å². The van der Waals surface area contributed by atoms with Crippen LogP contribution < -0.4 is 11.1 Å². The van der Waals surface area contributed by atoms with Crippen LogP contribution in [-0.2, 0) is 9.63 Å². The van der Waals surface area contributed by atoms with Crippen molar-refractivity contribution in [3.05, 3.63) is 35.5 Å². The first-order chi connectivity index (χ1) is 11.3. The Morgan fingerprint density at radius 2 is 1.75 bits per heavy atom. The second kappa shape index (κ2) is 26.2. The molecule has 0 aromatic rings. The highest BCUT2D eigenvalue weighted by Crippen LogP contribution is 2.16. The standard InChI is InChI=1S/C13H23N.C2H3NO2.C2H7N.C2H6/c1-6-7-13(14)9-8-11(4)12(5)10(2)3;1-3-5-2-4;1-3-2;1-2/h6-7,13H,2,8-9,14H2,1,3-5H3;2H,1H2;3H,1-2H3;1-2H3/b7-6+,12-11+;;;. The lowest BCUT2D eigenvalue weighted by Gasteiger charge is -2.10. The number of hydrogen-bond donors (Lipinski definition) is 2. The van der Waals surface area contributed by atoms with Crippen molar-refractivity contribution in [3.63, 3.8) is 0 Å². The maximum absolute atomic E-state index is 9.05. The molecule has 0 saturated carbocycles. The van der Waals surface area contributed by atoms with Crippen molar-refractivity contribution in [2.75, 3.05) is 14.1 Å². The minimum atomic E-state index is 0.188. The Kier molecular flexibility index (Phi) is 32.9. The molecule has 24 heavy (non-hydrogen) atoms. The molecule has 0 rings (SSSR count). The lowest BCUT2D eigenvalue weighted by Crippen LogP contribution is -2.16. The van der Waals surface area contributed by atoms with Gasteiger partial charge in [0.25, 0.3) is 0 Å². The SMILES string of the molecule is C=C(C)/C(C)=C(\C)CCC(N)/C=C/C.C=NOC=O.CC.CNC. The van der Waals surface area contributed by atoms with Crippen LogP contribution in [0.15, 0.2) is 40.6 Å². The number of hydrogen-bond acceptors (Lipinski definition) is 5. The van der Waals surface area contributed by atoms with Gasteiger partial charge in [0.2, 0.25) is 0 Å². The number of nitrogens with zero attached hydrogens (tertiary/aromatic N) is 1. The summed E-state index contributed by atoms with van der Waals surface area (Å²) in [6.07, 6.45) is 6.13. The highest BCUT2D eigenvalue weighted by Gasteiger charge is 2.01. The summed E-state index contributed by atoms with van der Waals surface area (Å²) in [4.78, 5) is 12.7. The van der Waals surface area contributed by atoms with E-state index in [4.69, 9.17) is 10.5 Å². The van der Waals surface area contributed by atoms with Crippen molar-refractivity contribution in [2.45, 2.75) is 60.4 Å². The summed E-state index contributed by atoms with van der Waals surface area (Å²) in [6, 6.07) is 0.188. The largest absolute Gasteiger partial charge is 0.324 e. The van der Waals surface area contributed by atoms with Gasteiger partial charge in [-0.25, -0.2) is 0 Å². The Bertz CT molecular complexity index is 356. The number of rotatable bonds is 7. The molecule has 0 aromatic heterocycles. The summed E-state index contributed by atoms with van der Waals surface area (Å²) in [5.74, 6) is 0. The highest BCUT2D eigenvalue weighted by atomic mass is 16.7. The van der Waals surface area contributed by atoms with E-state index in [2.05, 4.69) is 42.5 Å². The van der Waals surface area contributed by atoms with Crippen LogP contribution in [0.3, 0.4) is 0 Å². The van der Waals surface area contributed by atoms with Gasteiger partial charge in [-0.15, -0.1) is 0 Å². The minimum absolute atomic E-state index is 0.188. The Hall–Kier alpha value is -1.72. The van der Waals surface area contributed by atoms with Gasteiger partial charge in [-0.3, -0.25) is 4.79 Å². The van der Waals surface area contributed by atoms with Gasteiger partial charge in [-0.05, 0) is 60.2 Å². The zero-order valence-electron chi connectivity index (χ0n) is 17.0. The van der Waals surface area contributed by atoms with Crippen LogP contribution in [0.25, 0.3) is 0 Å². The quantitative estimate of drug-likeness (QED) is 0.181. The van der Waals surface area contributed by atoms with Gasteiger partial charge in [-0.2, -0.15) is 0 Å². The fourth-order valence-corrected chi connectivity index (χ4v) is 1.31. The predicted molar refractivity (Wildman–Crippen MR) is 108 cm³/mol. The maximum atomic E-state index is 9.05. The Morgan fingerprint density at radius 1 is 1.29 bits per heavy atom. The van der Waals surface area contributed by atoms with Gasteiger partial charge in [0.05, 0.1) is 0 Å². The smallest absolute Gasteiger partial charge is 0.323 e. The summed E-state index contributed by atoms with van der Waals surface area (Å²) in [5.41, 5.74) is 9.75. The van der Waals surface area contributed by atoms with Crippen molar-refractivity contribution < 1.29 is 9.63 Å². The van der Waals surface area contributed by atoms with Crippen molar-refractivity contribution in [1.29, 1.82) is 0 Å². The van der Waals surface area contributed by atoms with E-state index < -0.39 is 0 Å². The van der Waals surface area contributed by atoms with E-state index in [0.717, 1.165) is 18.4 Å². The third kappa shape index (κ3) is 28.4. The molecule has 1 atom stereocenters. The third-order valence-electron chi connectivity index (χ3n) is 2.69. The molecule has 0 aliphatic rings. The Labute approximate surface area is 149 Å². The first-order valence-corrected chi connectivity index (χ1v) is 8.16. The number of carbonyl (C=O) groups excluding carboxylic acids is 1. The van der Waals surface area contributed by atoms with Gasteiger partial charge in [0.15, 0.2) is 0 Å². The van der Waals surface area contributed by atoms with E-state index in [0.29, 0.717) is 0 Å². The molecule has 0 aliphatic carbocycles. The van der Waals surface area contributed by atoms with E-state index in [-0.39, 0.29) is 12.5 Å². The third-order valence-corrected chi connectivity index (χ3v) is 2.69. The monoisotopic (exact) mass is 341 g/mol. The van der Waals surface area contributed by atoms with E-state index in [1.165, 1.54) is 11.1 Å². The molecule has 5 heteroatoms. The molecule has 0 heterocycles. The first kappa shape index (κ1) is 30.2. The van der Waals surface area contributed by atoms with Crippen LogP contribution in [0.1, 0.15) is 54.4 Å². The van der Waals surface area contributed by atoms with Crippen LogP contribution in [0.5, 0.6) is 0 Å². The van der Waals surface area contributed by atoms with Crippen LogP contribution in [0.2, 0.25) is 0 Å². The molecule has 1 unspecified atom stereocenters. The van der Waals surface area contributed by atoms with Gasteiger partial charge in [0, 0.05) is 12.8 Å². The first-order valence-electron chi connectivity index (χ1n) is 8.16. The summed E-state index contributed by atoms with van der Waals surface area (Å²) in [6.45, 7) is 19.3. The molecule has 0 aromatic carbocycles. The second-order valence-electron chi connectivity index (χ2n) is 4.74. The van der Waals surface area contributed by atoms with Gasteiger partial charge < -0.3 is 15.9 Å². The minimum Gasteiger partial charge on any atom is -0.324 e. The van der Waals surface area contributed by atoms with Gasteiger partial charge in [0.1, 0.15) is 0 Å². The molecule has 0 amide bonds. The fourth-order valence-electron chi connectivity index (χ4n) is 1.31. The molecule has 0 fully saturated rings. The number of allylic oxidation sites excluding steroid dienone is 4. The van der Waals surface area contributed by atoms with Crippen molar-refractivity contribution in [1.82, 2.24) is 5.32 Å². The summed E-state index contributed by atoms with van der Waals surface area (Å²) in [5, 5.41) is 5.49. The van der Waals surface area contributed by atoms with Crippen LogP contribution in [-0.4, -0.2) is 33.3 Å². The predicted octanol–water partition coefficient (Wildman–Crippen LogP) is 4.22. The molecular weight excluding hydrogens is 302 g/mol. The average Bonchev–Trinajstić information content (AvgIpc) is 2.56. The zero-order chi connectivity index (χ0) is 20.0. The van der Waals surface area contributed by atoms with Crippen molar-refractivity contribution in [2.24, 2.45) is 10.9 Å². The van der Waals surface area contributed by atoms with Crippen LogP contribution >= 0.6 is 0 Å². The van der Waals surface area contributed by atoms with E-state index in [1.807, 2.05) is 53.9 Å². The van der Waals surface area contributed by atoms with E-state index in [9.17, 15) is 0 Å². The summed E-state index contributed by atoms with van der Waals surface area (Å²) >= 11 is 0. The van der Waals surface area contributed by atoms with Gasteiger partial charge >= 0.3 is 6.47 Å². The molecule has 3 N–H and O–H groups in total. The molecule has 5 nitrogen and oxygen atoms in total. The Morgan fingerprint density at radius 3 is 2.00 bits per heavy atom. The molecule has 0 saturated heterocycles. The van der Waals surface area contributed by atoms with Crippen molar-refractivity contribution in [3.8, 4) is 0 Å². The summed E-state index contributed by atoms with van der Waals surface area (Å²) < 4.78 is 0. The van der Waals surface area contributed by atoms with Crippen LogP contribution in [0.4, 0.5) is 0 Å². The number of oxime groups is 1. The van der Waals surface area contributed by atoms with Gasteiger partial charge in [-0.1, -0.05) is 48.9 Å². The number of carbonyl (C=O) groups is 1.